The van der Waals surface area contributed by atoms with Crippen LogP contribution in [-0.2, 0) is 0 Å². The highest BCUT2D eigenvalue weighted by molar-refractivity contribution is 7.71. The van der Waals surface area contributed by atoms with Gasteiger partial charge < -0.3 is 14.3 Å². The van der Waals surface area contributed by atoms with Crippen molar-refractivity contribution < 1.29 is 14.3 Å². The van der Waals surface area contributed by atoms with Gasteiger partial charge in [0.2, 0.25) is 0 Å². The molecule has 0 radical (unpaired) electrons. The monoisotopic (exact) mass is 248 g/mol. The van der Waals surface area contributed by atoms with Crippen molar-refractivity contribution in [2.45, 2.75) is 6.92 Å². The molecule has 0 spiro atoms. The third kappa shape index (κ3) is 2.31. The normalized spacial score (nSPS) is 10.2. The maximum Gasteiger partial charge on any atom is 0.177 e. The fraction of sp³-hybridized carbons (Fsp3) is 0.154. The van der Waals surface area contributed by atoms with E-state index in [0.717, 1.165) is 11.3 Å². The van der Waals surface area contributed by atoms with Crippen LogP contribution in [0.5, 0.6) is 11.5 Å². The minimum Gasteiger partial charge on any atom is -0.503 e. The van der Waals surface area contributed by atoms with Crippen molar-refractivity contribution in [1.82, 2.24) is 0 Å². The summed E-state index contributed by atoms with van der Waals surface area (Å²) in [5.41, 5.74) is 0.762. The van der Waals surface area contributed by atoms with Crippen LogP contribution in [0.2, 0.25) is 0 Å². The van der Waals surface area contributed by atoms with Gasteiger partial charge in [0.1, 0.15) is 11.5 Å². The van der Waals surface area contributed by atoms with Gasteiger partial charge in [0.05, 0.1) is 11.6 Å². The number of hydrogen-bond acceptors (Lipinski definition) is 4. The first-order valence-electron chi connectivity index (χ1n) is 5.10. The summed E-state index contributed by atoms with van der Waals surface area (Å²) in [5, 5.41) is 9.87. The maximum absolute atomic E-state index is 9.87. The van der Waals surface area contributed by atoms with Crippen molar-refractivity contribution in [3.8, 4) is 22.8 Å². The second-order valence-corrected chi connectivity index (χ2v) is 4.07. The van der Waals surface area contributed by atoms with Gasteiger partial charge in [-0.1, -0.05) is 12.2 Å². The zero-order valence-electron chi connectivity index (χ0n) is 9.56. The van der Waals surface area contributed by atoms with E-state index in [9.17, 15) is 5.11 Å². The molecule has 0 unspecified atom stereocenters. The first kappa shape index (κ1) is 11.7. The Hall–Kier alpha value is -1.81. The van der Waals surface area contributed by atoms with Crippen molar-refractivity contribution in [3.05, 3.63) is 40.6 Å². The van der Waals surface area contributed by atoms with Crippen molar-refractivity contribution in [2.75, 3.05) is 7.11 Å². The van der Waals surface area contributed by atoms with Crippen LogP contribution < -0.4 is 4.74 Å². The topological polar surface area (TPSA) is 42.6 Å². The Morgan fingerprint density at radius 2 is 1.88 bits per heavy atom. The van der Waals surface area contributed by atoms with Crippen LogP contribution in [0.25, 0.3) is 11.3 Å². The third-order valence-corrected chi connectivity index (χ3v) is 2.71. The minimum absolute atomic E-state index is 0.00392. The molecule has 1 aromatic heterocycles. The Morgan fingerprint density at radius 3 is 2.47 bits per heavy atom. The summed E-state index contributed by atoms with van der Waals surface area (Å²) in [6.07, 6.45) is 0. The summed E-state index contributed by atoms with van der Waals surface area (Å²) in [7, 11) is 1.60. The highest BCUT2D eigenvalue weighted by Gasteiger charge is 2.09. The maximum atomic E-state index is 9.87. The van der Waals surface area contributed by atoms with E-state index < -0.39 is 0 Å². The molecule has 2 rings (SSSR count). The summed E-state index contributed by atoms with van der Waals surface area (Å²) in [6, 6.07) is 8.85. The van der Waals surface area contributed by atoms with E-state index in [1.807, 2.05) is 12.1 Å². The molecule has 0 atom stereocenters. The molecule has 17 heavy (non-hydrogen) atoms. The molecule has 1 N–H and O–H groups in total. The van der Waals surface area contributed by atoms with Crippen LogP contribution in [0, 0.1) is 11.4 Å². The van der Waals surface area contributed by atoms with Gasteiger partial charge in [0.15, 0.2) is 11.5 Å². The number of aromatic hydroxyl groups is 1. The Kier molecular flexibility index (Phi) is 3.15. The second kappa shape index (κ2) is 4.59. The van der Waals surface area contributed by atoms with E-state index in [0.29, 0.717) is 16.0 Å². The lowest BCUT2D eigenvalue weighted by Gasteiger charge is -2.06. The number of hydrogen-bond donors (Lipinski definition) is 1. The molecule has 0 aliphatic carbocycles. The van der Waals surface area contributed by atoms with Gasteiger partial charge in [-0.25, -0.2) is 0 Å². The molecule has 2 aromatic rings. The summed E-state index contributed by atoms with van der Waals surface area (Å²) < 4.78 is 10.9. The van der Waals surface area contributed by atoms with E-state index in [2.05, 4.69) is 0 Å². The molecule has 0 fully saturated rings. The molecule has 3 nitrogen and oxygen atoms in total. The van der Waals surface area contributed by atoms with E-state index in [-0.39, 0.29) is 5.75 Å². The fourth-order valence-electron chi connectivity index (χ4n) is 1.54. The molecule has 0 aliphatic heterocycles. The average Bonchev–Trinajstić information content (AvgIpc) is 2.34. The lowest BCUT2D eigenvalue weighted by molar-refractivity contribution is 0.414. The highest BCUT2D eigenvalue weighted by atomic mass is 32.1. The van der Waals surface area contributed by atoms with Gasteiger partial charge in [0, 0.05) is 5.56 Å². The van der Waals surface area contributed by atoms with Crippen molar-refractivity contribution in [3.63, 3.8) is 0 Å². The van der Waals surface area contributed by atoms with Crippen LogP contribution in [0.1, 0.15) is 5.76 Å². The van der Waals surface area contributed by atoms with E-state index in [1.54, 1.807) is 32.2 Å². The van der Waals surface area contributed by atoms with Crippen molar-refractivity contribution in [1.29, 1.82) is 0 Å². The Bertz CT molecular complexity index is 585. The Balaban J connectivity index is 2.56. The lowest BCUT2D eigenvalue weighted by Crippen LogP contribution is -1.85. The molecule has 1 heterocycles. The predicted molar refractivity (Wildman–Crippen MR) is 67.9 cm³/mol. The highest BCUT2D eigenvalue weighted by Crippen LogP contribution is 2.32. The predicted octanol–water partition coefficient (Wildman–Crippen LogP) is 3.70. The molecule has 1 aromatic carbocycles. The SMILES string of the molecule is COc1ccc(-c2oc(C)cc(=S)c2O)cc1. The molecule has 4 heteroatoms. The van der Waals surface area contributed by atoms with Crippen LogP contribution in [0.3, 0.4) is 0 Å². The average molecular weight is 248 g/mol. The summed E-state index contributed by atoms with van der Waals surface area (Å²) in [5.74, 6) is 1.80. The van der Waals surface area contributed by atoms with Crippen LogP contribution in [0.15, 0.2) is 34.7 Å². The quantitative estimate of drug-likeness (QED) is 0.823. The van der Waals surface area contributed by atoms with Gasteiger partial charge in [-0.3, -0.25) is 0 Å². The molecular formula is C13H12O3S. The largest absolute Gasteiger partial charge is 0.503 e. The number of rotatable bonds is 2. The van der Waals surface area contributed by atoms with E-state index in [4.69, 9.17) is 21.4 Å². The van der Waals surface area contributed by atoms with Gasteiger partial charge in [-0.05, 0) is 37.3 Å². The van der Waals surface area contributed by atoms with Gasteiger partial charge in [-0.2, -0.15) is 0 Å². The van der Waals surface area contributed by atoms with E-state index >= 15 is 0 Å². The summed E-state index contributed by atoms with van der Waals surface area (Å²) in [6.45, 7) is 1.79. The first-order chi connectivity index (χ1) is 8.11. The minimum atomic E-state index is -0.00392. The van der Waals surface area contributed by atoms with Crippen LogP contribution in [-0.4, -0.2) is 12.2 Å². The van der Waals surface area contributed by atoms with E-state index in [1.165, 1.54) is 0 Å². The summed E-state index contributed by atoms with van der Waals surface area (Å²) in [4.78, 5) is 0. The number of aryl methyl sites for hydroxylation is 1. The smallest absolute Gasteiger partial charge is 0.177 e. The number of ether oxygens (including phenoxy) is 1. The molecule has 88 valence electrons. The van der Waals surface area contributed by atoms with Gasteiger partial charge in [0.25, 0.3) is 0 Å². The first-order valence-corrected chi connectivity index (χ1v) is 5.51. The standard InChI is InChI=1S/C13H12O3S/c1-8-7-11(17)12(14)13(16-8)9-3-5-10(15-2)6-4-9/h3-7,14H,1-2H3. The molecule has 0 saturated heterocycles. The Morgan fingerprint density at radius 1 is 1.24 bits per heavy atom. The van der Waals surface area contributed by atoms with Crippen molar-refractivity contribution >= 4 is 12.2 Å². The van der Waals surface area contributed by atoms with Gasteiger partial charge in [-0.15, -0.1) is 0 Å². The second-order valence-electron chi connectivity index (χ2n) is 3.63. The lowest BCUT2D eigenvalue weighted by atomic mass is 10.1. The van der Waals surface area contributed by atoms with Crippen LogP contribution in [0.4, 0.5) is 0 Å². The zero-order chi connectivity index (χ0) is 12.4. The number of methoxy groups -OCH3 is 1. The number of benzene rings is 1. The van der Waals surface area contributed by atoms with Crippen molar-refractivity contribution in [2.24, 2.45) is 0 Å². The van der Waals surface area contributed by atoms with Gasteiger partial charge >= 0.3 is 0 Å². The Labute approximate surface area is 104 Å². The third-order valence-electron chi connectivity index (χ3n) is 2.40. The molecule has 0 aliphatic rings. The summed E-state index contributed by atoms with van der Waals surface area (Å²) >= 11 is 5.04. The molecular weight excluding hydrogens is 236 g/mol. The van der Waals surface area contributed by atoms with Crippen LogP contribution >= 0.6 is 12.2 Å². The fourth-order valence-corrected chi connectivity index (χ4v) is 1.80. The zero-order valence-corrected chi connectivity index (χ0v) is 10.4. The molecule has 0 bridgehead atoms. The molecule has 0 amide bonds. The molecule has 0 saturated carbocycles.